The largest absolute Gasteiger partial charge is 0.389 e. The Balaban J connectivity index is 2.47. The summed E-state index contributed by atoms with van der Waals surface area (Å²) in [4.78, 5) is -0.0589. The van der Waals surface area contributed by atoms with Gasteiger partial charge in [-0.3, -0.25) is 0 Å². The van der Waals surface area contributed by atoms with E-state index in [0.29, 0.717) is 14.6 Å². The van der Waals surface area contributed by atoms with Gasteiger partial charge in [-0.1, -0.05) is 18.3 Å². The van der Waals surface area contributed by atoms with Crippen LogP contribution in [-0.2, 0) is 0 Å². The van der Waals surface area contributed by atoms with E-state index in [-0.39, 0.29) is 16.2 Å². The van der Waals surface area contributed by atoms with Crippen LogP contribution in [0.15, 0.2) is 39.3 Å². The van der Waals surface area contributed by atoms with Crippen molar-refractivity contribution < 1.29 is 8.78 Å². The van der Waals surface area contributed by atoms with Crippen molar-refractivity contribution in [2.24, 2.45) is 5.73 Å². The molecule has 3 N–H and O–H groups in total. The Hall–Kier alpha value is -1.05. The van der Waals surface area contributed by atoms with Crippen molar-refractivity contribution in [3.63, 3.8) is 0 Å². The number of anilines is 2. The zero-order valence-corrected chi connectivity index (χ0v) is 13.9. The molecule has 0 saturated carbocycles. The van der Waals surface area contributed by atoms with Crippen molar-refractivity contribution >= 4 is 60.4 Å². The third kappa shape index (κ3) is 3.16. The van der Waals surface area contributed by atoms with Crippen LogP contribution < -0.4 is 11.1 Å². The van der Waals surface area contributed by atoms with Gasteiger partial charge in [-0.25, -0.2) is 8.78 Å². The van der Waals surface area contributed by atoms with Crippen LogP contribution in [0.4, 0.5) is 20.2 Å². The monoisotopic (exact) mass is 420 g/mol. The Kier molecular flexibility index (Phi) is 4.72. The molecule has 0 aliphatic rings. The molecular formula is C13H8Br2F2N2S. The van der Waals surface area contributed by atoms with Gasteiger partial charge < -0.3 is 11.1 Å². The lowest BCUT2D eigenvalue weighted by molar-refractivity contribution is 0.590. The van der Waals surface area contributed by atoms with E-state index in [1.165, 1.54) is 0 Å². The van der Waals surface area contributed by atoms with Gasteiger partial charge >= 0.3 is 0 Å². The number of thiocarbonyl (C=S) groups is 1. The molecule has 0 aliphatic heterocycles. The Morgan fingerprint density at radius 2 is 1.55 bits per heavy atom. The van der Waals surface area contributed by atoms with Gasteiger partial charge in [0.25, 0.3) is 0 Å². The molecule has 104 valence electrons. The summed E-state index contributed by atoms with van der Waals surface area (Å²) in [6.45, 7) is 0. The minimum Gasteiger partial charge on any atom is -0.389 e. The number of rotatable bonds is 3. The lowest BCUT2D eigenvalue weighted by Gasteiger charge is -2.13. The van der Waals surface area contributed by atoms with E-state index in [1.807, 2.05) is 0 Å². The van der Waals surface area contributed by atoms with Crippen LogP contribution in [0, 0.1) is 11.6 Å². The van der Waals surface area contributed by atoms with Crippen LogP contribution in [0.1, 0.15) is 5.56 Å². The number of benzene rings is 2. The summed E-state index contributed by atoms with van der Waals surface area (Å²) < 4.78 is 29.3. The predicted molar refractivity (Wildman–Crippen MR) is 87.4 cm³/mol. The number of para-hydroxylation sites is 1. The standard InChI is InChI=1S/C13H8Br2F2N2S/c14-7-2-1-3-8(15)11(7)19-12-9(16)4-6(13(18)20)5-10(12)17/h1-5,19H,(H2,18,20). The third-order valence-electron chi connectivity index (χ3n) is 2.54. The molecule has 0 aliphatic carbocycles. The molecule has 0 amide bonds. The average molecular weight is 422 g/mol. The molecule has 0 heterocycles. The molecule has 2 aromatic carbocycles. The van der Waals surface area contributed by atoms with Crippen LogP contribution in [0.3, 0.4) is 0 Å². The van der Waals surface area contributed by atoms with Crippen molar-refractivity contribution in [1.29, 1.82) is 0 Å². The van der Waals surface area contributed by atoms with Gasteiger partial charge in [0, 0.05) is 14.5 Å². The summed E-state index contributed by atoms with van der Waals surface area (Å²) in [6.07, 6.45) is 0. The molecular weight excluding hydrogens is 414 g/mol. The highest BCUT2D eigenvalue weighted by Crippen LogP contribution is 2.35. The van der Waals surface area contributed by atoms with E-state index in [2.05, 4.69) is 37.2 Å². The summed E-state index contributed by atoms with van der Waals surface area (Å²) in [5, 5.41) is 2.72. The molecule has 20 heavy (non-hydrogen) atoms. The van der Waals surface area contributed by atoms with Gasteiger partial charge in [-0.2, -0.15) is 0 Å². The van der Waals surface area contributed by atoms with Crippen molar-refractivity contribution in [3.05, 3.63) is 56.5 Å². The minimum atomic E-state index is -0.768. The van der Waals surface area contributed by atoms with Gasteiger partial charge in [0.1, 0.15) is 22.3 Å². The smallest absolute Gasteiger partial charge is 0.150 e. The minimum absolute atomic E-state index is 0.0589. The summed E-state index contributed by atoms with van der Waals surface area (Å²) in [5.74, 6) is -1.54. The van der Waals surface area contributed by atoms with E-state index in [9.17, 15) is 8.78 Å². The number of hydrogen-bond acceptors (Lipinski definition) is 2. The number of halogens is 4. The lowest BCUT2D eigenvalue weighted by atomic mass is 10.1. The second kappa shape index (κ2) is 6.15. The Labute approximate surface area is 136 Å². The quantitative estimate of drug-likeness (QED) is 0.694. The first kappa shape index (κ1) is 15.3. The summed E-state index contributed by atoms with van der Waals surface area (Å²) in [7, 11) is 0. The second-order valence-electron chi connectivity index (χ2n) is 3.90. The predicted octanol–water partition coefficient (Wildman–Crippen LogP) is 4.87. The molecule has 0 aromatic heterocycles. The van der Waals surface area contributed by atoms with Crippen LogP contribution in [0.2, 0.25) is 0 Å². The first-order chi connectivity index (χ1) is 9.40. The molecule has 0 radical (unpaired) electrons. The van der Waals surface area contributed by atoms with Crippen molar-refractivity contribution in [3.8, 4) is 0 Å². The van der Waals surface area contributed by atoms with Crippen LogP contribution in [-0.4, -0.2) is 4.99 Å². The molecule has 0 bridgehead atoms. The van der Waals surface area contributed by atoms with E-state index in [0.717, 1.165) is 12.1 Å². The van der Waals surface area contributed by atoms with E-state index < -0.39 is 11.6 Å². The maximum atomic E-state index is 14.0. The number of hydrogen-bond donors (Lipinski definition) is 2. The van der Waals surface area contributed by atoms with Crippen LogP contribution >= 0.6 is 44.1 Å². The fraction of sp³-hybridized carbons (Fsp3) is 0. The summed E-state index contributed by atoms with van der Waals surface area (Å²) >= 11 is 11.3. The second-order valence-corrected chi connectivity index (χ2v) is 6.05. The van der Waals surface area contributed by atoms with Gasteiger partial charge in [-0.05, 0) is 56.1 Å². The summed E-state index contributed by atoms with van der Waals surface area (Å²) in [5.41, 5.74) is 5.77. The summed E-state index contributed by atoms with van der Waals surface area (Å²) in [6, 6.07) is 7.50. The van der Waals surface area contributed by atoms with Crippen molar-refractivity contribution in [2.45, 2.75) is 0 Å². The molecule has 7 heteroatoms. The molecule has 0 spiro atoms. The molecule has 0 fully saturated rings. The van der Waals surface area contributed by atoms with Gasteiger partial charge in [0.2, 0.25) is 0 Å². The van der Waals surface area contributed by atoms with Crippen molar-refractivity contribution in [1.82, 2.24) is 0 Å². The number of nitrogens with two attached hydrogens (primary N) is 1. The fourth-order valence-corrected chi connectivity index (χ4v) is 2.89. The first-order valence-electron chi connectivity index (χ1n) is 5.40. The average Bonchev–Trinajstić information content (AvgIpc) is 2.36. The first-order valence-corrected chi connectivity index (χ1v) is 7.39. The highest BCUT2D eigenvalue weighted by molar-refractivity contribution is 9.11. The third-order valence-corrected chi connectivity index (χ3v) is 4.10. The van der Waals surface area contributed by atoms with E-state index in [4.69, 9.17) is 18.0 Å². The Morgan fingerprint density at radius 3 is 2.00 bits per heavy atom. The van der Waals surface area contributed by atoms with E-state index >= 15 is 0 Å². The molecule has 2 nitrogen and oxygen atoms in total. The molecule has 0 unspecified atom stereocenters. The lowest BCUT2D eigenvalue weighted by Crippen LogP contribution is -2.11. The Bertz CT molecular complexity index is 649. The zero-order valence-electron chi connectivity index (χ0n) is 9.88. The zero-order chi connectivity index (χ0) is 14.9. The SMILES string of the molecule is NC(=S)c1cc(F)c(Nc2c(Br)cccc2Br)c(F)c1. The molecule has 0 saturated heterocycles. The molecule has 2 rings (SSSR count). The van der Waals surface area contributed by atoms with Crippen LogP contribution in [0.25, 0.3) is 0 Å². The van der Waals surface area contributed by atoms with Gasteiger partial charge in [-0.15, -0.1) is 0 Å². The molecule has 2 aromatic rings. The van der Waals surface area contributed by atoms with Crippen LogP contribution in [0.5, 0.6) is 0 Å². The van der Waals surface area contributed by atoms with Gasteiger partial charge in [0.05, 0.1) is 5.69 Å². The van der Waals surface area contributed by atoms with Crippen molar-refractivity contribution in [2.75, 3.05) is 5.32 Å². The highest BCUT2D eigenvalue weighted by atomic mass is 79.9. The normalized spacial score (nSPS) is 10.4. The fourth-order valence-electron chi connectivity index (χ4n) is 1.58. The number of nitrogens with one attached hydrogen (secondary N) is 1. The molecule has 0 atom stereocenters. The topological polar surface area (TPSA) is 38.0 Å². The highest BCUT2D eigenvalue weighted by Gasteiger charge is 2.15. The van der Waals surface area contributed by atoms with Gasteiger partial charge in [0.15, 0.2) is 0 Å². The maximum Gasteiger partial charge on any atom is 0.150 e. The maximum absolute atomic E-state index is 14.0. The van der Waals surface area contributed by atoms with E-state index in [1.54, 1.807) is 18.2 Å². The Morgan fingerprint density at radius 1 is 1.05 bits per heavy atom.